The van der Waals surface area contributed by atoms with Gasteiger partial charge in [-0.3, -0.25) is 4.79 Å². The standard InChI is InChI=1S/C9H12O2/c10-9(11)7-3-6-4-1-2-5(4)8(6)7/h4-8H,1-3H2,(H,10,11)/t4-,5+,6+,7?,8+/m0/s1. The van der Waals surface area contributed by atoms with Crippen molar-refractivity contribution in [2.75, 3.05) is 0 Å². The highest BCUT2D eigenvalue weighted by Gasteiger charge is 2.65. The van der Waals surface area contributed by atoms with Crippen LogP contribution in [-0.2, 0) is 4.79 Å². The lowest BCUT2D eigenvalue weighted by Gasteiger charge is -2.68. The first-order valence-electron chi connectivity index (χ1n) is 4.52. The first-order chi connectivity index (χ1) is 5.29. The van der Waals surface area contributed by atoms with Gasteiger partial charge in [-0.25, -0.2) is 0 Å². The van der Waals surface area contributed by atoms with Crippen LogP contribution in [0, 0.1) is 29.6 Å². The molecule has 11 heavy (non-hydrogen) atoms. The third kappa shape index (κ3) is 0.501. The molecule has 5 atom stereocenters. The molecule has 2 nitrogen and oxygen atoms in total. The van der Waals surface area contributed by atoms with E-state index in [9.17, 15) is 4.79 Å². The van der Waals surface area contributed by atoms with Gasteiger partial charge < -0.3 is 5.11 Å². The summed E-state index contributed by atoms with van der Waals surface area (Å²) in [6, 6.07) is 0. The van der Waals surface area contributed by atoms with E-state index in [1.807, 2.05) is 0 Å². The van der Waals surface area contributed by atoms with E-state index in [-0.39, 0.29) is 5.92 Å². The number of carbonyl (C=O) groups is 1. The molecular formula is C9H12O2. The van der Waals surface area contributed by atoms with Crippen LogP contribution < -0.4 is 0 Å². The molecule has 0 amide bonds. The Hall–Kier alpha value is -0.530. The molecule has 3 aliphatic carbocycles. The van der Waals surface area contributed by atoms with Gasteiger partial charge in [0.1, 0.15) is 0 Å². The highest BCUT2D eigenvalue weighted by atomic mass is 16.4. The molecule has 0 aromatic rings. The van der Waals surface area contributed by atoms with Crippen LogP contribution in [0.4, 0.5) is 0 Å². The first kappa shape index (κ1) is 6.04. The van der Waals surface area contributed by atoms with Crippen LogP contribution in [0.15, 0.2) is 0 Å². The van der Waals surface area contributed by atoms with E-state index in [4.69, 9.17) is 5.11 Å². The highest BCUT2D eigenvalue weighted by Crippen LogP contribution is 2.69. The fourth-order valence-electron chi connectivity index (χ4n) is 3.47. The van der Waals surface area contributed by atoms with Crippen molar-refractivity contribution in [3.05, 3.63) is 0 Å². The Balaban J connectivity index is 1.75. The molecule has 0 spiro atoms. The maximum absolute atomic E-state index is 10.6. The largest absolute Gasteiger partial charge is 0.481 e. The molecule has 0 bridgehead atoms. The van der Waals surface area contributed by atoms with E-state index in [0.29, 0.717) is 5.92 Å². The van der Waals surface area contributed by atoms with Gasteiger partial charge in [0, 0.05) is 0 Å². The fraction of sp³-hybridized carbons (Fsp3) is 0.889. The molecule has 0 radical (unpaired) electrons. The van der Waals surface area contributed by atoms with Crippen LogP contribution in [0.3, 0.4) is 0 Å². The molecule has 0 aromatic carbocycles. The molecule has 3 saturated carbocycles. The van der Waals surface area contributed by atoms with E-state index in [1.165, 1.54) is 12.8 Å². The monoisotopic (exact) mass is 152 g/mol. The van der Waals surface area contributed by atoms with Crippen LogP contribution in [0.5, 0.6) is 0 Å². The summed E-state index contributed by atoms with van der Waals surface area (Å²) in [5.41, 5.74) is 0. The first-order valence-corrected chi connectivity index (χ1v) is 4.52. The fourth-order valence-corrected chi connectivity index (χ4v) is 3.47. The molecule has 60 valence electrons. The number of carboxylic acid groups (broad SMARTS) is 1. The topological polar surface area (TPSA) is 37.3 Å². The molecule has 1 N–H and O–H groups in total. The molecule has 0 aromatic heterocycles. The summed E-state index contributed by atoms with van der Waals surface area (Å²) < 4.78 is 0. The smallest absolute Gasteiger partial charge is 0.306 e. The van der Waals surface area contributed by atoms with E-state index < -0.39 is 5.97 Å². The van der Waals surface area contributed by atoms with Gasteiger partial charge in [-0.2, -0.15) is 0 Å². The lowest BCUT2D eigenvalue weighted by Crippen LogP contribution is -2.64. The SMILES string of the molecule is O=C(O)C1C[C@@H]2[C@H]3CC[C@H]3[C@@H]12. The van der Waals surface area contributed by atoms with Gasteiger partial charge in [-0.05, 0) is 42.9 Å². The summed E-state index contributed by atoms with van der Waals surface area (Å²) in [5.74, 6) is 2.71. The van der Waals surface area contributed by atoms with Crippen molar-refractivity contribution in [1.82, 2.24) is 0 Å². The zero-order chi connectivity index (χ0) is 7.59. The Bertz CT molecular complexity index is 218. The number of hydrogen-bond acceptors (Lipinski definition) is 1. The molecule has 3 aliphatic rings. The van der Waals surface area contributed by atoms with E-state index in [0.717, 1.165) is 24.2 Å². The molecule has 3 fully saturated rings. The van der Waals surface area contributed by atoms with Gasteiger partial charge in [-0.1, -0.05) is 0 Å². The third-order valence-corrected chi connectivity index (χ3v) is 4.23. The van der Waals surface area contributed by atoms with Crippen molar-refractivity contribution in [2.24, 2.45) is 29.6 Å². The second kappa shape index (κ2) is 1.62. The average molecular weight is 152 g/mol. The number of hydrogen-bond donors (Lipinski definition) is 1. The van der Waals surface area contributed by atoms with Crippen molar-refractivity contribution in [3.8, 4) is 0 Å². The van der Waals surface area contributed by atoms with Crippen LogP contribution in [0.1, 0.15) is 19.3 Å². The Morgan fingerprint density at radius 2 is 1.91 bits per heavy atom. The van der Waals surface area contributed by atoms with Gasteiger partial charge in [0.2, 0.25) is 0 Å². The number of fused-ring (bicyclic) bond motifs is 4. The molecule has 0 aliphatic heterocycles. The Kier molecular flexibility index (Phi) is 0.890. The predicted molar refractivity (Wildman–Crippen MR) is 38.9 cm³/mol. The summed E-state index contributed by atoms with van der Waals surface area (Å²) in [6.07, 6.45) is 3.69. The predicted octanol–water partition coefficient (Wildman–Crippen LogP) is 1.36. The minimum Gasteiger partial charge on any atom is -0.481 e. The van der Waals surface area contributed by atoms with E-state index in [2.05, 4.69) is 0 Å². The average Bonchev–Trinajstić information content (AvgIpc) is 1.88. The summed E-state index contributed by atoms with van der Waals surface area (Å²) >= 11 is 0. The van der Waals surface area contributed by atoms with Gasteiger partial charge in [0.15, 0.2) is 0 Å². The molecule has 0 saturated heterocycles. The van der Waals surface area contributed by atoms with Crippen LogP contribution in [0.25, 0.3) is 0 Å². The van der Waals surface area contributed by atoms with Crippen molar-refractivity contribution < 1.29 is 9.90 Å². The summed E-state index contributed by atoms with van der Waals surface area (Å²) in [7, 11) is 0. The zero-order valence-corrected chi connectivity index (χ0v) is 6.36. The second-order valence-corrected chi connectivity index (χ2v) is 4.33. The van der Waals surface area contributed by atoms with Crippen LogP contribution in [0.2, 0.25) is 0 Å². The van der Waals surface area contributed by atoms with Crippen LogP contribution >= 0.6 is 0 Å². The Labute approximate surface area is 65.6 Å². The summed E-state index contributed by atoms with van der Waals surface area (Å²) in [5, 5.41) is 8.78. The maximum Gasteiger partial charge on any atom is 0.306 e. The van der Waals surface area contributed by atoms with Crippen molar-refractivity contribution >= 4 is 5.97 Å². The van der Waals surface area contributed by atoms with Gasteiger partial charge in [-0.15, -0.1) is 0 Å². The lowest BCUT2D eigenvalue weighted by molar-refractivity contribution is -0.215. The van der Waals surface area contributed by atoms with Gasteiger partial charge >= 0.3 is 5.97 Å². The number of carboxylic acids is 1. The summed E-state index contributed by atoms with van der Waals surface area (Å²) in [6.45, 7) is 0. The Morgan fingerprint density at radius 1 is 1.18 bits per heavy atom. The molecule has 0 heterocycles. The van der Waals surface area contributed by atoms with Crippen molar-refractivity contribution in [1.29, 1.82) is 0 Å². The highest BCUT2D eigenvalue weighted by molar-refractivity contribution is 5.72. The normalized spacial score (nSPS) is 57.6. The van der Waals surface area contributed by atoms with Gasteiger partial charge in [0.05, 0.1) is 5.92 Å². The third-order valence-electron chi connectivity index (χ3n) is 4.23. The zero-order valence-electron chi connectivity index (χ0n) is 6.36. The summed E-state index contributed by atoms with van der Waals surface area (Å²) in [4.78, 5) is 10.6. The second-order valence-electron chi connectivity index (χ2n) is 4.33. The molecule has 1 unspecified atom stereocenters. The van der Waals surface area contributed by atoms with E-state index >= 15 is 0 Å². The van der Waals surface area contributed by atoms with Crippen molar-refractivity contribution in [3.63, 3.8) is 0 Å². The molecule has 3 rings (SSSR count). The maximum atomic E-state index is 10.6. The van der Waals surface area contributed by atoms with Crippen LogP contribution in [-0.4, -0.2) is 11.1 Å². The molecular weight excluding hydrogens is 140 g/mol. The van der Waals surface area contributed by atoms with E-state index in [1.54, 1.807) is 0 Å². The minimum atomic E-state index is -0.545. The minimum absolute atomic E-state index is 0.0431. The number of aliphatic carboxylic acids is 1. The number of rotatable bonds is 1. The lowest BCUT2D eigenvalue weighted by atomic mass is 9.36. The molecule has 2 heteroatoms. The van der Waals surface area contributed by atoms with Crippen molar-refractivity contribution in [2.45, 2.75) is 19.3 Å². The quantitative estimate of drug-likeness (QED) is 0.616. The Morgan fingerprint density at radius 3 is 2.36 bits per heavy atom. The van der Waals surface area contributed by atoms with Gasteiger partial charge in [0.25, 0.3) is 0 Å².